The van der Waals surface area contributed by atoms with E-state index < -0.39 is 11.6 Å². The van der Waals surface area contributed by atoms with Gasteiger partial charge < -0.3 is 0 Å². The maximum absolute atomic E-state index is 14.5. The predicted octanol–water partition coefficient (Wildman–Crippen LogP) is 6.66. The lowest BCUT2D eigenvalue weighted by Gasteiger charge is -2.08. The highest BCUT2D eigenvalue weighted by Crippen LogP contribution is 2.28. The lowest BCUT2D eigenvalue weighted by molar-refractivity contribution is 0.509. The number of rotatable bonds is 5. The summed E-state index contributed by atoms with van der Waals surface area (Å²) in [6, 6.07) is 12.6. The van der Waals surface area contributed by atoms with E-state index in [1.807, 2.05) is 18.2 Å². The molecule has 24 heavy (non-hydrogen) atoms. The summed E-state index contributed by atoms with van der Waals surface area (Å²) in [4.78, 5) is 0. The molecule has 0 bridgehead atoms. The molecule has 0 nitrogen and oxygen atoms in total. The van der Waals surface area contributed by atoms with Gasteiger partial charge in [0, 0.05) is 5.39 Å². The fourth-order valence-electron chi connectivity index (χ4n) is 2.95. The Morgan fingerprint density at radius 2 is 1.46 bits per heavy atom. The topological polar surface area (TPSA) is 0 Å². The van der Waals surface area contributed by atoms with Gasteiger partial charge in [-0.2, -0.15) is 0 Å². The zero-order valence-corrected chi connectivity index (χ0v) is 13.6. The summed E-state index contributed by atoms with van der Waals surface area (Å²) < 4.78 is 40.9. The SMILES string of the molecule is CCCCCc1cc(F)c2cc(-c3ccc(F)c(F)c3)ccc2c1. The van der Waals surface area contributed by atoms with Gasteiger partial charge in [0.2, 0.25) is 0 Å². The number of aryl methyl sites for hydroxylation is 1. The van der Waals surface area contributed by atoms with Crippen molar-refractivity contribution >= 4 is 10.8 Å². The smallest absolute Gasteiger partial charge is 0.159 e. The zero-order valence-electron chi connectivity index (χ0n) is 13.6. The third-order valence-corrected chi connectivity index (χ3v) is 4.29. The summed E-state index contributed by atoms with van der Waals surface area (Å²) in [5, 5.41) is 1.32. The van der Waals surface area contributed by atoms with E-state index in [0.29, 0.717) is 16.5 Å². The van der Waals surface area contributed by atoms with E-state index in [1.165, 1.54) is 6.07 Å². The molecule has 0 N–H and O–H groups in total. The van der Waals surface area contributed by atoms with Crippen molar-refractivity contribution in [1.82, 2.24) is 0 Å². The quantitative estimate of drug-likeness (QED) is 0.460. The minimum Gasteiger partial charge on any atom is -0.206 e. The van der Waals surface area contributed by atoms with Crippen LogP contribution in [0.25, 0.3) is 21.9 Å². The first-order valence-electron chi connectivity index (χ1n) is 8.26. The summed E-state index contributed by atoms with van der Waals surface area (Å²) in [5.41, 5.74) is 2.19. The summed E-state index contributed by atoms with van der Waals surface area (Å²) in [7, 11) is 0. The van der Waals surface area contributed by atoms with Crippen LogP contribution in [0.2, 0.25) is 0 Å². The fourth-order valence-corrected chi connectivity index (χ4v) is 2.95. The van der Waals surface area contributed by atoms with Crippen LogP contribution in [0.3, 0.4) is 0 Å². The van der Waals surface area contributed by atoms with Crippen LogP contribution < -0.4 is 0 Å². The van der Waals surface area contributed by atoms with Crippen molar-refractivity contribution in [3.8, 4) is 11.1 Å². The molecule has 124 valence electrons. The van der Waals surface area contributed by atoms with E-state index in [4.69, 9.17) is 0 Å². The maximum Gasteiger partial charge on any atom is 0.159 e. The second kappa shape index (κ2) is 7.08. The molecule has 0 aromatic heterocycles. The molecule has 0 aliphatic rings. The Kier molecular flexibility index (Phi) is 4.89. The molecule has 0 unspecified atom stereocenters. The van der Waals surface area contributed by atoms with Gasteiger partial charge in [-0.15, -0.1) is 0 Å². The number of hydrogen-bond donors (Lipinski definition) is 0. The average Bonchev–Trinajstić information content (AvgIpc) is 2.57. The number of fused-ring (bicyclic) bond motifs is 1. The minimum absolute atomic E-state index is 0.275. The number of unbranched alkanes of at least 4 members (excludes halogenated alkanes) is 2. The first-order chi connectivity index (χ1) is 11.6. The van der Waals surface area contributed by atoms with Gasteiger partial charge in [-0.1, -0.05) is 44.0 Å². The molecule has 0 saturated heterocycles. The van der Waals surface area contributed by atoms with E-state index in [2.05, 4.69) is 6.92 Å². The van der Waals surface area contributed by atoms with Crippen LogP contribution in [0.4, 0.5) is 13.2 Å². The molecule has 0 radical (unpaired) electrons. The maximum atomic E-state index is 14.5. The first-order valence-corrected chi connectivity index (χ1v) is 8.26. The van der Waals surface area contributed by atoms with Gasteiger partial charge >= 0.3 is 0 Å². The van der Waals surface area contributed by atoms with Gasteiger partial charge in [-0.25, -0.2) is 13.2 Å². The molecule has 3 aromatic carbocycles. The van der Waals surface area contributed by atoms with Crippen molar-refractivity contribution in [2.45, 2.75) is 32.6 Å². The molecular formula is C21H19F3. The molecule has 0 aliphatic carbocycles. The molecule has 0 fully saturated rings. The average molecular weight is 328 g/mol. The second-order valence-electron chi connectivity index (χ2n) is 6.10. The van der Waals surface area contributed by atoms with Crippen molar-refractivity contribution in [2.24, 2.45) is 0 Å². The van der Waals surface area contributed by atoms with Crippen LogP contribution >= 0.6 is 0 Å². The molecule has 0 heterocycles. The Balaban J connectivity index is 1.97. The van der Waals surface area contributed by atoms with Crippen LogP contribution in [0.5, 0.6) is 0 Å². The highest BCUT2D eigenvalue weighted by atomic mass is 19.2. The molecule has 3 heteroatoms. The Bertz CT molecular complexity index is 868. The summed E-state index contributed by atoms with van der Waals surface area (Å²) in [6.07, 6.45) is 4.18. The molecule has 3 aromatic rings. The minimum atomic E-state index is -0.903. The highest BCUT2D eigenvalue weighted by Gasteiger charge is 2.08. The summed E-state index contributed by atoms with van der Waals surface area (Å²) in [6.45, 7) is 2.14. The number of benzene rings is 3. The summed E-state index contributed by atoms with van der Waals surface area (Å²) >= 11 is 0. The Hall–Kier alpha value is -2.29. The van der Waals surface area contributed by atoms with Gasteiger partial charge in [0.05, 0.1) is 0 Å². The molecule has 0 atom stereocenters. The number of hydrogen-bond acceptors (Lipinski definition) is 0. The molecule has 3 rings (SSSR count). The first kappa shape index (κ1) is 16.6. The van der Waals surface area contributed by atoms with E-state index in [0.717, 1.165) is 48.8 Å². The largest absolute Gasteiger partial charge is 0.206 e. The fraction of sp³-hybridized carbons (Fsp3) is 0.238. The van der Waals surface area contributed by atoms with Crippen LogP contribution in [0, 0.1) is 17.5 Å². The predicted molar refractivity (Wildman–Crippen MR) is 92.5 cm³/mol. The third kappa shape index (κ3) is 3.45. The van der Waals surface area contributed by atoms with Crippen molar-refractivity contribution in [2.75, 3.05) is 0 Å². The summed E-state index contributed by atoms with van der Waals surface area (Å²) in [5.74, 6) is -2.06. The second-order valence-corrected chi connectivity index (χ2v) is 6.10. The Morgan fingerprint density at radius 3 is 2.21 bits per heavy atom. The van der Waals surface area contributed by atoms with Gasteiger partial charge in [0.25, 0.3) is 0 Å². The van der Waals surface area contributed by atoms with E-state index in [-0.39, 0.29) is 5.82 Å². The van der Waals surface area contributed by atoms with Crippen molar-refractivity contribution in [3.63, 3.8) is 0 Å². The van der Waals surface area contributed by atoms with Crippen molar-refractivity contribution < 1.29 is 13.2 Å². The molecule has 0 aliphatic heterocycles. The van der Waals surface area contributed by atoms with Crippen LogP contribution in [-0.2, 0) is 6.42 Å². The monoisotopic (exact) mass is 328 g/mol. The Labute approximate surface area is 139 Å². The van der Waals surface area contributed by atoms with Gasteiger partial charge in [0.1, 0.15) is 5.82 Å². The van der Waals surface area contributed by atoms with Gasteiger partial charge in [0.15, 0.2) is 11.6 Å². The van der Waals surface area contributed by atoms with Gasteiger partial charge in [-0.3, -0.25) is 0 Å². The van der Waals surface area contributed by atoms with Crippen molar-refractivity contribution in [3.05, 3.63) is 71.5 Å². The van der Waals surface area contributed by atoms with Crippen LogP contribution in [0.15, 0.2) is 48.5 Å². The molecule has 0 spiro atoms. The molecular weight excluding hydrogens is 309 g/mol. The highest BCUT2D eigenvalue weighted by molar-refractivity contribution is 5.88. The van der Waals surface area contributed by atoms with Crippen LogP contribution in [-0.4, -0.2) is 0 Å². The molecule has 0 amide bonds. The number of halogens is 3. The lowest BCUT2D eigenvalue weighted by Crippen LogP contribution is -1.90. The van der Waals surface area contributed by atoms with Gasteiger partial charge in [-0.05, 0) is 59.2 Å². The standard InChI is InChI=1S/C21H19F3/c1-2-3-4-5-14-10-17-7-6-15(12-18(17)20(23)11-14)16-8-9-19(22)21(24)13-16/h6-13H,2-5H2,1H3. The van der Waals surface area contributed by atoms with E-state index in [1.54, 1.807) is 12.1 Å². The van der Waals surface area contributed by atoms with Crippen LogP contribution in [0.1, 0.15) is 31.7 Å². The van der Waals surface area contributed by atoms with E-state index in [9.17, 15) is 13.2 Å². The Morgan fingerprint density at radius 1 is 0.708 bits per heavy atom. The molecule has 0 saturated carbocycles. The van der Waals surface area contributed by atoms with E-state index >= 15 is 0 Å². The lowest BCUT2D eigenvalue weighted by atomic mass is 9.98. The third-order valence-electron chi connectivity index (χ3n) is 4.29. The van der Waals surface area contributed by atoms with Crippen molar-refractivity contribution in [1.29, 1.82) is 0 Å². The normalized spacial score (nSPS) is 11.2. The zero-order chi connectivity index (χ0) is 17.1.